The van der Waals surface area contributed by atoms with Crippen LogP contribution in [0.25, 0.3) is 0 Å². The van der Waals surface area contributed by atoms with Crippen molar-refractivity contribution in [2.45, 2.75) is 6.92 Å². The van der Waals surface area contributed by atoms with Gasteiger partial charge in [-0.1, -0.05) is 6.07 Å². The van der Waals surface area contributed by atoms with Gasteiger partial charge in [0.1, 0.15) is 11.6 Å². The van der Waals surface area contributed by atoms with Crippen LogP contribution in [0.4, 0.5) is 14.6 Å². The van der Waals surface area contributed by atoms with E-state index in [2.05, 4.69) is 4.98 Å². The van der Waals surface area contributed by atoms with Gasteiger partial charge in [-0.25, -0.2) is 13.8 Å². The van der Waals surface area contributed by atoms with Crippen LogP contribution in [0.3, 0.4) is 0 Å². The minimum atomic E-state index is -0.735. The molecule has 0 atom stereocenters. The molecule has 1 aromatic heterocycles. The van der Waals surface area contributed by atoms with E-state index in [0.29, 0.717) is 11.6 Å². The summed E-state index contributed by atoms with van der Waals surface area (Å²) in [5, 5.41) is 0. The van der Waals surface area contributed by atoms with Gasteiger partial charge in [-0.2, -0.15) is 0 Å². The summed E-state index contributed by atoms with van der Waals surface area (Å²) in [5.41, 5.74) is 0. The standard InChI is InChI=1S/C15H12F2N2OS/c1-10-8-19(9-21-10)14-7-11(5-6-18-14)20-15-12(16)3-2-4-13(15)17/h2-8H,9H2,1H3. The summed E-state index contributed by atoms with van der Waals surface area (Å²) in [4.78, 5) is 7.38. The van der Waals surface area contributed by atoms with Gasteiger partial charge in [0.05, 0.1) is 5.88 Å². The fourth-order valence-corrected chi connectivity index (χ4v) is 2.67. The molecule has 0 N–H and O–H groups in total. The van der Waals surface area contributed by atoms with Crippen LogP contribution in [0, 0.1) is 11.6 Å². The molecule has 0 aliphatic carbocycles. The molecule has 21 heavy (non-hydrogen) atoms. The van der Waals surface area contributed by atoms with Gasteiger partial charge in [-0.05, 0) is 30.0 Å². The normalized spacial score (nSPS) is 14.2. The van der Waals surface area contributed by atoms with Crippen molar-refractivity contribution in [2.75, 3.05) is 10.8 Å². The molecule has 0 unspecified atom stereocenters. The van der Waals surface area contributed by atoms with E-state index in [4.69, 9.17) is 4.74 Å². The third kappa shape index (κ3) is 3.00. The Labute approximate surface area is 125 Å². The first-order valence-electron chi connectivity index (χ1n) is 6.29. The van der Waals surface area contributed by atoms with Crippen molar-refractivity contribution in [2.24, 2.45) is 0 Å². The Kier molecular flexibility index (Phi) is 3.79. The third-order valence-corrected chi connectivity index (χ3v) is 3.89. The smallest absolute Gasteiger partial charge is 0.198 e. The largest absolute Gasteiger partial charge is 0.451 e. The van der Waals surface area contributed by atoms with E-state index < -0.39 is 17.4 Å². The van der Waals surface area contributed by atoms with Gasteiger partial charge in [0.15, 0.2) is 17.4 Å². The van der Waals surface area contributed by atoms with Crippen molar-refractivity contribution in [1.29, 1.82) is 0 Å². The van der Waals surface area contributed by atoms with Gasteiger partial charge < -0.3 is 9.64 Å². The van der Waals surface area contributed by atoms with Gasteiger partial charge in [0.25, 0.3) is 0 Å². The van der Waals surface area contributed by atoms with Crippen molar-refractivity contribution >= 4 is 17.6 Å². The molecule has 0 saturated carbocycles. The lowest BCUT2D eigenvalue weighted by atomic mass is 10.3. The average molecular weight is 306 g/mol. The first-order chi connectivity index (χ1) is 10.1. The van der Waals surface area contributed by atoms with E-state index in [1.54, 1.807) is 30.1 Å². The maximum atomic E-state index is 13.6. The molecule has 3 nitrogen and oxygen atoms in total. The highest BCUT2D eigenvalue weighted by Crippen LogP contribution is 2.32. The number of benzene rings is 1. The Morgan fingerprint density at radius 1 is 1.24 bits per heavy atom. The zero-order valence-electron chi connectivity index (χ0n) is 11.2. The van der Waals surface area contributed by atoms with Crippen LogP contribution in [-0.4, -0.2) is 10.9 Å². The number of aromatic nitrogens is 1. The number of nitrogens with zero attached hydrogens (tertiary/aromatic N) is 2. The van der Waals surface area contributed by atoms with Crippen molar-refractivity contribution in [1.82, 2.24) is 4.98 Å². The zero-order chi connectivity index (χ0) is 14.8. The lowest BCUT2D eigenvalue weighted by molar-refractivity contribution is 0.407. The molecule has 1 aliphatic rings. The van der Waals surface area contributed by atoms with Crippen LogP contribution < -0.4 is 9.64 Å². The lowest BCUT2D eigenvalue weighted by Gasteiger charge is -2.14. The van der Waals surface area contributed by atoms with E-state index in [9.17, 15) is 8.78 Å². The number of anilines is 1. The number of hydrogen-bond acceptors (Lipinski definition) is 4. The number of ether oxygens (including phenoxy) is 1. The molecule has 3 rings (SSSR count). The summed E-state index contributed by atoms with van der Waals surface area (Å²) < 4.78 is 32.5. The van der Waals surface area contributed by atoms with E-state index >= 15 is 0 Å². The second-order valence-corrected chi connectivity index (χ2v) is 5.68. The molecule has 0 bridgehead atoms. The fraction of sp³-hybridized carbons (Fsp3) is 0.133. The molecule has 2 aromatic rings. The van der Waals surface area contributed by atoms with Gasteiger partial charge >= 0.3 is 0 Å². The molecule has 0 fully saturated rings. The monoisotopic (exact) mass is 306 g/mol. The highest BCUT2D eigenvalue weighted by Gasteiger charge is 2.15. The predicted octanol–water partition coefficient (Wildman–Crippen LogP) is 4.52. The van der Waals surface area contributed by atoms with Crippen LogP contribution >= 0.6 is 11.8 Å². The van der Waals surface area contributed by atoms with E-state index in [-0.39, 0.29) is 0 Å². The van der Waals surface area contributed by atoms with Crippen molar-refractivity contribution in [3.63, 3.8) is 0 Å². The molecular formula is C15H12F2N2OS. The Bertz CT molecular complexity index is 686. The quantitative estimate of drug-likeness (QED) is 0.832. The maximum Gasteiger partial charge on any atom is 0.198 e. The highest BCUT2D eigenvalue weighted by molar-refractivity contribution is 8.03. The van der Waals surface area contributed by atoms with Crippen molar-refractivity contribution in [3.8, 4) is 11.5 Å². The third-order valence-electron chi connectivity index (χ3n) is 2.92. The number of pyridine rings is 1. The number of rotatable bonds is 3. The summed E-state index contributed by atoms with van der Waals surface area (Å²) in [7, 11) is 0. The summed E-state index contributed by atoms with van der Waals surface area (Å²) in [6.07, 6.45) is 3.52. The summed E-state index contributed by atoms with van der Waals surface area (Å²) >= 11 is 1.70. The second kappa shape index (κ2) is 5.73. The fourth-order valence-electron chi connectivity index (χ4n) is 1.92. The number of hydrogen-bond donors (Lipinski definition) is 0. The summed E-state index contributed by atoms with van der Waals surface area (Å²) in [6, 6.07) is 6.83. The molecule has 2 heterocycles. The van der Waals surface area contributed by atoms with Gasteiger partial charge in [0, 0.05) is 18.5 Å². The SMILES string of the molecule is CC1=CN(c2cc(Oc3c(F)cccc3F)ccn2)CS1. The Balaban J connectivity index is 1.87. The maximum absolute atomic E-state index is 13.6. The van der Waals surface area contributed by atoms with Crippen LogP contribution in [0.15, 0.2) is 47.6 Å². The van der Waals surface area contributed by atoms with Crippen LogP contribution in [0.1, 0.15) is 6.92 Å². The first-order valence-corrected chi connectivity index (χ1v) is 7.28. The van der Waals surface area contributed by atoms with Crippen LogP contribution in [-0.2, 0) is 0 Å². The van der Waals surface area contributed by atoms with Crippen LogP contribution in [0.2, 0.25) is 0 Å². The number of allylic oxidation sites excluding steroid dienone is 1. The zero-order valence-corrected chi connectivity index (χ0v) is 12.0. The van der Waals surface area contributed by atoms with E-state index in [1.807, 2.05) is 18.0 Å². The molecule has 1 aromatic carbocycles. The second-order valence-electron chi connectivity index (χ2n) is 4.49. The summed E-state index contributed by atoms with van der Waals surface area (Å²) in [5.74, 6) is -0.101. The minimum absolute atomic E-state index is 0.340. The number of halogens is 2. The Hall–Kier alpha value is -2.08. The first kappa shape index (κ1) is 13.9. The van der Waals surface area contributed by atoms with Gasteiger partial charge in [0.2, 0.25) is 0 Å². The molecule has 108 valence electrons. The molecule has 1 aliphatic heterocycles. The highest BCUT2D eigenvalue weighted by atomic mass is 32.2. The Morgan fingerprint density at radius 3 is 2.67 bits per heavy atom. The van der Waals surface area contributed by atoms with Gasteiger partial charge in [-0.15, -0.1) is 11.8 Å². The number of thioether (sulfide) groups is 1. The van der Waals surface area contributed by atoms with E-state index in [1.165, 1.54) is 11.0 Å². The number of para-hydroxylation sites is 1. The molecular weight excluding hydrogens is 294 g/mol. The van der Waals surface area contributed by atoms with Crippen molar-refractivity contribution in [3.05, 3.63) is 59.3 Å². The van der Waals surface area contributed by atoms with Crippen molar-refractivity contribution < 1.29 is 13.5 Å². The molecule has 0 amide bonds. The molecule has 0 saturated heterocycles. The average Bonchev–Trinajstić information content (AvgIpc) is 2.90. The molecule has 6 heteroatoms. The van der Waals surface area contributed by atoms with Crippen LogP contribution in [0.5, 0.6) is 11.5 Å². The van der Waals surface area contributed by atoms with E-state index in [0.717, 1.165) is 18.0 Å². The van der Waals surface area contributed by atoms with Gasteiger partial charge in [-0.3, -0.25) is 0 Å². The predicted molar refractivity (Wildman–Crippen MR) is 79.4 cm³/mol. The molecule has 0 spiro atoms. The topological polar surface area (TPSA) is 25.4 Å². The lowest BCUT2D eigenvalue weighted by Crippen LogP contribution is -2.12. The molecule has 0 radical (unpaired) electrons. The summed E-state index contributed by atoms with van der Waals surface area (Å²) in [6.45, 7) is 2.01. The minimum Gasteiger partial charge on any atom is -0.451 e. The Morgan fingerprint density at radius 2 is 2.00 bits per heavy atom.